The molecule has 38 valence electrons. The highest BCUT2D eigenvalue weighted by Gasteiger charge is 2.50. The Morgan fingerprint density at radius 3 is 2.86 bits per heavy atom. The Bertz CT molecular complexity index is 182. The molecule has 0 aliphatic carbocycles. The van der Waals surface area contributed by atoms with Gasteiger partial charge in [-0.1, -0.05) is 0 Å². The van der Waals surface area contributed by atoms with Crippen LogP contribution in [-0.4, -0.2) is 6.16 Å². The maximum Gasteiger partial charge on any atom is 0.311 e. The maximum absolute atomic E-state index is 10.8. The minimum absolute atomic E-state index is 0.766. The minimum Gasteiger partial charge on any atom is -0.431 e. The highest BCUT2D eigenvalue weighted by atomic mass is 31.2. The van der Waals surface area contributed by atoms with Crippen LogP contribution in [0.5, 0.6) is 0 Å². The molecule has 2 nitrogen and oxygen atoms in total. The molecule has 0 radical (unpaired) electrons. The average Bonchev–Trinajstić information content (AvgIpc) is 2.09. The van der Waals surface area contributed by atoms with E-state index < -0.39 is 7.37 Å². The first-order valence-electron chi connectivity index (χ1n) is 2.31. The van der Waals surface area contributed by atoms with Crippen molar-refractivity contribution in [3.8, 4) is 0 Å². The van der Waals surface area contributed by atoms with E-state index in [0.717, 1.165) is 18.1 Å². The van der Waals surface area contributed by atoms with Gasteiger partial charge in [0.05, 0.1) is 0 Å². The van der Waals surface area contributed by atoms with Gasteiger partial charge in [0, 0.05) is 6.16 Å². The Morgan fingerprint density at radius 2 is 2.71 bits per heavy atom. The Kier molecular flexibility index (Phi) is 0.429. The molecular formula is C4H5O2P. The van der Waals surface area contributed by atoms with E-state index in [9.17, 15) is 4.57 Å². The van der Waals surface area contributed by atoms with Crippen molar-refractivity contribution >= 4 is 7.37 Å². The van der Waals surface area contributed by atoms with E-state index in [0.29, 0.717) is 0 Å². The summed E-state index contributed by atoms with van der Waals surface area (Å²) in [6.07, 6.45) is 3.65. The molecule has 1 fully saturated rings. The van der Waals surface area contributed by atoms with Gasteiger partial charge in [0.1, 0.15) is 0 Å². The molecule has 1 saturated heterocycles. The molecule has 0 amide bonds. The summed E-state index contributed by atoms with van der Waals surface area (Å²) >= 11 is 0. The molecule has 0 saturated carbocycles. The predicted octanol–water partition coefficient (Wildman–Crippen LogP) is 1.54. The largest absolute Gasteiger partial charge is 0.431 e. The van der Waals surface area contributed by atoms with Gasteiger partial charge >= 0.3 is 7.37 Å². The van der Waals surface area contributed by atoms with Gasteiger partial charge < -0.3 is 4.52 Å². The standard InChI is InChI=1S/C4H5O2P/c5-7-3-1-2-4(7)6-7/h2H,1,3H2. The van der Waals surface area contributed by atoms with Crippen LogP contribution in [0.4, 0.5) is 0 Å². The van der Waals surface area contributed by atoms with Crippen LogP contribution >= 0.6 is 7.37 Å². The lowest BCUT2D eigenvalue weighted by Crippen LogP contribution is -1.65. The van der Waals surface area contributed by atoms with E-state index in [1.54, 1.807) is 0 Å². The van der Waals surface area contributed by atoms with Crippen molar-refractivity contribution in [2.45, 2.75) is 6.42 Å². The first kappa shape index (κ1) is 3.73. The molecule has 3 heteroatoms. The molecule has 2 aliphatic rings. The molecule has 0 aromatic heterocycles. The topological polar surface area (TPSA) is 29.6 Å². The molecule has 1 atom stereocenters. The summed E-state index contributed by atoms with van der Waals surface area (Å²) in [6.45, 7) is 0. The van der Waals surface area contributed by atoms with Crippen LogP contribution in [0, 0.1) is 0 Å². The fraction of sp³-hybridized carbons (Fsp3) is 0.500. The molecular weight excluding hydrogens is 111 g/mol. The first-order chi connectivity index (χ1) is 3.31. The summed E-state index contributed by atoms with van der Waals surface area (Å²) in [4.78, 5) is 0. The molecule has 0 N–H and O–H groups in total. The zero-order chi connectivity index (χ0) is 4.91. The van der Waals surface area contributed by atoms with Crippen LogP contribution in [0.15, 0.2) is 11.6 Å². The summed E-state index contributed by atoms with van der Waals surface area (Å²) in [7, 11) is -2.02. The van der Waals surface area contributed by atoms with Gasteiger partial charge in [-0.2, -0.15) is 0 Å². The zero-order valence-electron chi connectivity index (χ0n) is 3.76. The second-order valence-corrected chi connectivity index (χ2v) is 4.24. The second-order valence-electron chi connectivity index (χ2n) is 1.82. The Balaban J connectivity index is 2.55. The van der Waals surface area contributed by atoms with Gasteiger partial charge in [0.15, 0.2) is 5.50 Å². The van der Waals surface area contributed by atoms with E-state index >= 15 is 0 Å². The second kappa shape index (κ2) is 0.805. The van der Waals surface area contributed by atoms with Crippen molar-refractivity contribution in [2.75, 3.05) is 6.16 Å². The van der Waals surface area contributed by atoms with Crippen LogP contribution in [-0.2, 0) is 9.09 Å². The van der Waals surface area contributed by atoms with Gasteiger partial charge in [0.2, 0.25) is 0 Å². The van der Waals surface area contributed by atoms with Crippen LogP contribution in [0.2, 0.25) is 0 Å². The number of allylic oxidation sites excluding steroid dienone is 1. The maximum atomic E-state index is 10.8. The van der Waals surface area contributed by atoms with Crippen LogP contribution in [0.1, 0.15) is 6.42 Å². The van der Waals surface area contributed by atoms with Gasteiger partial charge in [0.25, 0.3) is 0 Å². The summed E-state index contributed by atoms with van der Waals surface area (Å²) < 4.78 is 15.6. The normalized spacial score (nSPS) is 44.3. The number of hydrogen-bond acceptors (Lipinski definition) is 2. The lowest BCUT2D eigenvalue weighted by Gasteiger charge is -1.78. The fourth-order valence-corrected chi connectivity index (χ4v) is 2.62. The third-order valence-electron chi connectivity index (χ3n) is 1.29. The van der Waals surface area contributed by atoms with Crippen molar-refractivity contribution in [1.29, 1.82) is 0 Å². The fourth-order valence-electron chi connectivity index (χ4n) is 0.821. The summed E-state index contributed by atoms with van der Waals surface area (Å²) in [6, 6.07) is 0. The third kappa shape index (κ3) is 0.330. The lowest BCUT2D eigenvalue weighted by atomic mass is 10.5. The highest BCUT2D eigenvalue weighted by molar-refractivity contribution is 7.70. The Hall–Kier alpha value is -0.230. The predicted molar refractivity (Wildman–Crippen MR) is 26.3 cm³/mol. The molecule has 0 spiro atoms. The van der Waals surface area contributed by atoms with E-state index in [1.165, 1.54) is 0 Å². The van der Waals surface area contributed by atoms with Gasteiger partial charge in [-0.3, -0.25) is 4.57 Å². The monoisotopic (exact) mass is 116 g/mol. The van der Waals surface area contributed by atoms with Crippen molar-refractivity contribution in [3.05, 3.63) is 11.6 Å². The summed E-state index contributed by atoms with van der Waals surface area (Å²) in [5.41, 5.74) is 0.785. The van der Waals surface area contributed by atoms with Crippen LogP contribution in [0.3, 0.4) is 0 Å². The van der Waals surface area contributed by atoms with Gasteiger partial charge in [-0.15, -0.1) is 0 Å². The van der Waals surface area contributed by atoms with Crippen molar-refractivity contribution in [1.82, 2.24) is 0 Å². The Morgan fingerprint density at radius 1 is 1.86 bits per heavy atom. The van der Waals surface area contributed by atoms with Crippen LogP contribution < -0.4 is 0 Å². The quantitative estimate of drug-likeness (QED) is 0.355. The highest BCUT2D eigenvalue weighted by Crippen LogP contribution is 2.76. The number of fused-ring (bicyclic) bond motifs is 1. The van der Waals surface area contributed by atoms with E-state index in [-0.39, 0.29) is 0 Å². The molecule has 2 heterocycles. The van der Waals surface area contributed by atoms with Crippen molar-refractivity contribution < 1.29 is 9.09 Å². The zero-order valence-corrected chi connectivity index (χ0v) is 4.65. The Labute approximate surface area is 41.6 Å². The summed E-state index contributed by atoms with van der Waals surface area (Å²) in [5.74, 6) is 0. The molecule has 2 aliphatic heterocycles. The molecule has 1 unspecified atom stereocenters. The molecule has 2 rings (SSSR count). The van der Waals surface area contributed by atoms with E-state index in [4.69, 9.17) is 4.52 Å². The molecule has 0 aromatic rings. The number of hydrogen-bond donors (Lipinski definition) is 0. The summed E-state index contributed by atoms with van der Waals surface area (Å²) in [5, 5.41) is 0. The van der Waals surface area contributed by atoms with Crippen molar-refractivity contribution in [3.63, 3.8) is 0 Å². The minimum atomic E-state index is -2.02. The van der Waals surface area contributed by atoms with Gasteiger partial charge in [-0.05, 0) is 12.5 Å². The van der Waals surface area contributed by atoms with E-state index in [2.05, 4.69) is 0 Å². The van der Waals surface area contributed by atoms with Crippen LogP contribution in [0.25, 0.3) is 0 Å². The third-order valence-corrected chi connectivity index (χ3v) is 3.40. The van der Waals surface area contributed by atoms with E-state index in [1.807, 2.05) is 6.08 Å². The molecule has 0 aromatic carbocycles. The smallest absolute Gasteiger partial charge is 0.311 e. The molecule has 0 bridgehead atoms. The lowest BCUT2D eigenvalue weighted by molar-refractivity contribution is 0.530. The SMILES string of the molecule is O=P12CCC=C1O2. The first-order valence-corrected chi connectivity index (χ1v) is 4.12. The average molecular weight is 116 g/mol. The number of rotatable bonds is 0. The van der Waals surface area contributed by atoms with Crippen molar-refractivity contribution in [2.24, 2.45) is 0 Å². The van der Waals surface area contributed by atoms with Gasteiger partial charge in [-0.25, -0.2) is 0 Å². The molecule has 7 heavy (non-hydrogen) atoms.